The van der Waals surface area contributed by atoms with Crippen LogP contribution in [0.5, 0.6) is 0 Å². The first-order chi connectivity index (χ1) is 14.3. The zero-order valence-corrected chi connectivity index (χ0v) is 19.0. The van der Waals surface area contributed by atoms with Crippen molar-refractivity contribution in [3.05, 3.63) is 60.7 Å². The molecule has 3 aliphatic rings. The second kappa shape index (κ2) is 6.77. The van der Waals surface area contributed by atoms with E-state index in [-0.39, 0.29) is 22.5 Å². The fourth-order valence-corrected chi connectivity index (χ4v) is 10.8. The summed E-state index contributed by atoms with van der Waals surface area (Å²) < 4.78 is 7.07. The van der Waals surface area contributed by atoms with Crippen LogP contribution in [0.25, 0.3) is 0 Å². The molecule has 4 nitrogen and oxygen atoms in total. The van der Waals surface area contributed by atoms with E-state index in [1.807, 2.05) is 4.90 Å². The normalized spacial score (nSPS) is 30.3. The lowest BCUT2D eigenvalue weighted by Crippen LogP contribution is -2.67. The summed E-state index contributed by atoms with van der Waals surface area (Å²) >= 11 is 0. The van der Waals surface area contributed by atoms with Gasteiger partial charge in [-0.3, -0.25) is 4.79 Å². The summed E-state index contributed by atoms with van der Waals surface area (Å²) in [6.07, 6.45) is 1.82. The number of piperidine rings is 1. The van der Waals surface area contributed by atoms with Crippen LogP contribution in [0.3, 0.4) is 0 Å². The summed E-state index contributed by atoms with van der Waals surface area (Å²) in [7, 11) is -2.61. The number of hydrogen-bond donors (Lipinski definition) is 1. The maximum atomic E-state index is 12.7. The molecule has 30 heavy (non-hydrogen) atoms. The Morgan fingerprint density at radius 1 is 1.03 bits per heavy atom. The largest absolute Gasteiger partial charge is 0.405 e. The summed E-state index contributed by atoms with van der Waals surface area (Å²) in [5.41, 5.74) is -0.0734. The lowest BCUT2D eigenvalue weighted by molar-refractivity contribution is -0.137. The molecule has 1 aliphatic carbocycles. The van der Waals surface area contributed by atoms with Crippen LogP contribution in [0.1, 0.15) is 40.0 Å². The van der Waals surface area contributed by atoms with E-state index in [2.05, 4.69) is 81.4 Å². The van der Waals surface area contributed by atoms with E-state index in [1.54, 1.807) is 0 Å². The average Bonchev–Trinajstić information content (AvgIpc) is 3.21. The maximum absolute atomic E-state index is 12.7. The maximum Gasteiger partial charge on any atom is 0.261 e. The summed E-state index contributed by atoms with van der Waals surface area (Å²) in [5, 5.41) is 12.6. The van der Waals surface area contributed by atoms with Crippen molar-refractivity contribution >= 4 is 24.6 Å². The second-order valence-corrected chi connectivity index (χ2v) is 14.6. The van der Waals surface area contributed by atoms with Crippen LogP contribution < -0.4 is 10.4 Å². The number of hydrogen-bond acceptors (Lipinski definition) is 3. The molecule has 4 atom stereocenters. The average molecular weight is 422 g/mol. The van der Waals surface area contributed by atoms with Gasteiger partial charge in [0.15, 0.2) is 0 Å². The second-order valence-electron chi connectivity index (χ2n) is 10.3. The van der Waals surface area contributed by atoms with E-state index in [0.717, 1.165) is 12.8 Å². The molecule has 1 amide bonds. The van der Waals surface area contributed by atoms with Gasteiger partial charge >= 0.3 is 0 Å². The van der Waals surface area contributed by atoms with Gasteiger partial charge in [0.05, 0.1) is 12.6 Å². The number of nitrogens with zero attached hydrogens (tertiary/aromatic N) is 1. The first-order valence-electron chi connectivity index (χ1n) is 11.1. The third kappa shape index (κ3) is 2.75. The lowest BCUT2D eigenvalue weighted by atomic mass is 10.1. The van der Waals surface area contributed by atoms with E-state index in [9.17, 15) is 9.90 Å². The molecule has 5 heteroatoms. The van der Waals surface area contributed by atoms with Crippen LogP contribution in [-0.4, -0.2) is 48.5 Å². The number of carbonyl (C=O) groups is 1. The molecule has 0 bridgehead atoms. The number of rotatable bonds is 5. The number of aliphatic hydroxyl groups excluding tert-OH is 1. The SMILES string of the molecule is CC(C)(C)[Si](OC[C@H]1C[C@@H]2C[C@@]23C[C@@H](O)C(=O)N13)(c1ccccc1)c1ccccc1. The van der Waals surface area contributed by atoms with Gasteiger partial charge in [0.25, 0.3) is 14.2 Å². The van der Waals surface area contributed by atoms with Crippen LogP contribution >= 0.6 is 0 Å². The Hall–Kier alpha value is -1.95. The number of amides is 1. The molecule has 2 saturated heterocycles. The third-order valence-electron chi connectivity index (χ3n) is 7.58. The van der Waals surface area contributed by atoms with Crippen LogP contribution in [-0.2, 0) is 9.22 Å². The Labute approximate surface area is 180 Å². The summed E-state index contributed by atoms with van der Waals surface area (Å²) in [4.78, 5) is 14.7. The summed E-state index contributed by atoms with van der Waals surface area (Å²) in [6, 6.07) is 21.3. The highest BCUT2D eigenvalue weighted by Crippen LogP contribution is 2.63. The molecule has 1 N–H and O–H groups in total. The minimum absolute atomic E-state index is 0.0649. The molecular weight excluding hydrogens is 390 g/mol. The molecule has 2 aromatic carbocycles. The van der Waals surface area contributed by atoms with E-state index < -0.39 is 14.4 Å². The Morgan fingerprint density at radius 3 is 2.13 bits per heavy atom. The number of benzene rings is 2. The Balaban J connectivity index is 1.52. The van der Waals surface area contributed by atoms with Crippen LogP contribution in [0, 0.1) is 5.92 Å². The van der Waals surface area contributed by atoms with Crippen molar-refractivity contribution in [2.75, 3.05) is 6.61 Å². The van der Waals surface area contributed by atoms with Crippen molar-refractivity contribution in [1.29, 1.82) is 0 Å². The Kier molecular flexibility index (Phi) is 4.51. The standard InChI is InChI=1S/C25H31NO3Si/c1-24(2,3)30(20-10-6-4-7-11-20,21-12-8-5-9-13-21)29-17-19-14-18-15-25(18)16-22(27)23(28)26(19)25/h4-13,18-19,22,27H,14-17H2,1-3H3/t18-,19-,22-,25-/m1/s1. The summed E-state index contributed by atoms with van der Waals surface area (Å²) in [6.45, 7) is 7.36. The molecule has 5 rings (SSSR count). The quantitative estimate of drug-likeness (QED) is 0.755. The Morgan fingerprint density at radius 2 is 1.60 bits per heavy atom. The molecule has 0 unspecified atom stereocenters. The molecule has 2 heterocycles. The molecule has 1 saturated carbocycles. The molecule has 0 aromatic heterocycles. The van der Waals surface area contributed by atoms with Crippen molar-refractivity contribution < 1.29 is 14.3 Å². The minimum Gasteiger partial charge on any atom is -0.405 e. The van der Waals surface area contributed by atoms with Gasteiger partial charge in [0.1, 0.15) is 6.10 Å². The molecule has 0 radical (unpaired) electrons. The van der Waals surface area contributed by atoms with E-state index in [4.69, 9.17) is 4.43 Å². The van der Waals surface area contributed by atoms with Crippen molar-refractivity contribution in [1.82, 2.24) is 4.90 Å². The van der Waals surface area contributed by atoms with Crippen molar-refractivity contribution in [3.63, 3.8) is 0 Å². The molecule has 1 spiro atoms. The van der Waals surface area contributed by atoms with E-state index in [1.165, 1.54) is 10.4 Å². The zero-order chi connectivity index (χ0) is 21.1. The fraction of sp³-hybridized carbons (Fsp3) is 0.480. The van der Waals surface area contributed by atoms with E-state index >= 15 is 0 Å². The van der Waals surface area contributed by atoms with E-state index in [0.29, 0.717) is 18.9 Å². The Bertz CT molecular complexity index is 902. The lowest BCUT2D eigenvalue weighted by Gasteiger charge is -2.44. The smallest absolute Gasteiger partial charge is 0.261 e. The van der Waals surface area contributed by atoms with Gasteiger partial charge < -0.3 is 14.4 Å². The molecule has 158 valence electrons. The number of carbonyl (C=O) groups excluding carboxylic acids is 1. The van der Waals surface area contributed by atoms with Gasteiger partial charge in [0, 0.05) is 12.0 Å². The highest BCUT2D eigenvalue weighted by Gasteiger charge is 2.71. The summed E-state index contributed by atoms with van der Waals surface area (Å²) in [5.74, 6) is 0.442. The van der Waals surface area contributed by atoms with Crippen LogP contribution in [0.15, 0.2) is 60.7 Å². The van der Waals surface area contributed by atoms with Gasteiger partial charge in [0.2, 0.25) is 0 Å². The third-order valence-corrected chi connectivity index (χ3v) is 12.6. The van der Waals surface area contributed by atoms with Gasteiger partial charge in [-0.05, 0) is 34.2 Å². The van der Waals surface area contributed by atoms with Crippen LogP contribution in [0.4, 0.5) is 0 Å². The molecule has 3 fully saturated rings. The van der Waals surface area contributed by atoms with Gasteiger partial charge in [-0.25, -0.2) is 0 Å². The zero-order valence-electron chi connectivity index (χ0n) is 18.0. The van der Waals surface area contributed by atoms with Gasteiger partial charge in [-0.15, -0.1) is 0 Å². The van der Waals surface area contributed by atoms with Gasteiger partial charge in [-0.1, -0.05) is 81.4 Å². The van der Waals surface area contributed by atoms with Crippen molar-refractivity contribution in [2.45, 2.75) is 62.8 Å². The van der Waals surface area contributed by atoms with Gasteiger partial charge in [-0.2, -0.15) is 0 Å². The molecule has 2 aromatic rings. The fourth-order valence-electron chi connectivity index (χ4n) is 6.22. The van der Waals surface area contributed by atoms with Crippen LogP contribution in [0.2, 0.25) is 5.04 Å². The van der Waals surface area contributed by atoms with Crippen molar-refractivity contribution in [3.8, 4) is 0 Å². The minimum atomic E-state index is -2.61. The highest BCUT2D eigenvalue weighted by atomic mass is 28.4. The highest BCUT2D eigenvalue weighted by molar-refractivity contribution is 6.99. The predicted octanol–water partition coefficient (Wildman–Crippen LogP) is 2.69. The monoisotopic (exact) mass is 421 g/mol. The topological polar surface area (TPSA) is 49.8 Å². The molecule has 2 aliphatic heterocycles. The number of aliphatic hydroxyl groups is 1. The predicted molar refractivity (Wildman–Crippen MR) is 120 cm³/mol. The molecular formula is C25H31NO3Si. The first kappa shape index (κ1) is 20.0. The van der Waals surface area contributed by atoms with Crippen molar-refractivity contribution in [2.24, 2.45) is 5.92 Å². The first-order valence-corrected chi connectivity index (χ1v) is 13.0.